The van der Waals surface area contributed by atoms with Crippen molar-refractivity contribution < 1.29 is 9.66 Å². The van der Waals surface area contributed by atoms with Crippen LogP contribution >= 0.6 is 0 Å². The van der Waals surface area contributed by atoms with Crippen molar-refractivity contribution in [2.45, 2.75) is 77.0 Å². The van der Waals surface area contributed by atoms with Gasteiger partial charge in [0, 0.05) is 37.3 Å². The molecule has 0 radical (unpaired) electrons. The molecule has 2 fully saturated rings. The first-order valence-corrected chi connectivity index (χ1v) is 10.3. The van der Waals surface area contributed by atoms with Crippen molar-refractivity contribution in [3.05, 3.63) is 33.9 Å². The molecule has 0 atom stereocenters. The van der Waals surface area contributed by atoms with E-state index in [4.69, 9.17) is 4.74 Å². The van der Waals surface area contributed by atoms with Gasteiger partial charge in [0.2, 0.25) is 0 Å². The van der Waals surface area contributed by atoms with Gasteiger partial charge in [0.05, 0.1) is 11.0 Å². The van der Waals surface area contributed by atoms with Gasteiger partial charge in [-0.2, -0.15) is 0 Å². The minimum atomic E-state index is -0.297. The number of piperidine rings is 1. The van der Waals surface area contributed by atoms with Crippen LogP contribution in [-0.2, 0) is 4.74 Å². The van der Waals surface area contributed by atoms with E-state index < -0.39 is 0 Å². The van der Waals surface area contributed by atoms with Crippen molar-refractivity contribution in [3.8, 4) is 0 Å². The molecule has 6 nitrogen and oxygen atoms in total. The maximum Gasteiger partial charge on any atom is 0.292 e. The number of benzene rings is 1. The number of aryl methyl sites for hydroxylation is 1. The van der Waals surface area contributed by atoms with E-state index >= 15 is 0 Å². The van der Waals surface area contributed by atoms with Crippen LogP contribution in [0, 0.1) is 17.0 Å². The van der Waals surface area contributed by atoms with Crippen LogP contribution in [0.5, 0.6) is 0 Å². The third kappa shape index (κ3) is 4.79. The fourth-order valence-corrected chi connectivity index (χ4v) is 4.64. The molecule has 1 aliphatic carbocycles. The second-order valence-corrected chi connectivity index (χ2v) is 8.34. The molecule has 27 heavy (non-hydrogen) atoms. The third-order valence-corrected chi connectivity index (χ3v) is 6.38. The van der Waals surface area contributed by atoms with E-state index in [1.54, 1.807) is 12.1 Å². The molecule has 0 aromatic heterocycles. The van der Waals surface area contributed by atoms with Crippen molar-refractivity contribution in [1.82, 2.24) is 4.90 Å². The molecule has 1 heterocycles. The van der Waals surface area contributed by atoms with Gasteiger partial charge in [-0.3, -0.25) is 15.0 Å². The maximum absolute atomic E-state index is 11.3. The average molecular weight is 376 g/mol. The summed E-state index contributed by atoms with van der Waals surface area (Å²) < 4.78 is 5.80. The summed E-state index contributed by atoms with van der Waals surface area (Å²) in [4.78, 5) is 13.6. The Hall–Kier alpha value is -1.66. The van der Waals surface area contributed by atoms with Gasteiger partial charge in [-0.15, -0.1) is 0 Å². The normalized spacial score (nSPS) is 27.4. The summed E-state index contributed by atoms with van der Waals surface area (Å²) in [6.07, 6.45) is 7.17. The number of nitro groups is 1. The molecule has 1 saturated carbocycles. The lowest BCUT2D eigenvalue weighted by molar-refractivity contribution is -0.384. The Morgan fingerprint density at radius 2 is 1.93 bits per heavy atom. The topological polar surface area (TPSA) is 67.6 Å². The fraction of sp³-hybridized carbons (Fsp3) is 0.714. The number of ether oxygens (including phenoxy) is 1. The van der Waals surface area contributed by atoms with Crippen LogP contribution < -0.4 is 5.32 Å². The van der Waals surface area contributed by atoms with E-state index in [1.165, 1.54) is 12.8 Å². The molecule has 1 aliphatic heterocycles. The van der Waals surface area contributed by atoms with Crippen LogP contribution in [0.15, 0.2) is 18.2 Å². The van der Waals surface area contributed by atoms with Crippen molar-refractivity contribution in [3.63, 3.8) is 0 Å². The Morgan fingerprint density at radius 3 is 2.52 bits per heavy atom. The van der Waals surface area contributed by atoms with Gasteiger partial charge < -0.3 is 10.1 Å². The summed E-state index contributed by atoms with van der Waals surface area (Å²) in [5.41, 5.74) is 2.14. The molecular weight excluding hydrogens is 342 g/mol. The highest BCUT2D eigenvalue weighted by molar-refractivity contribution is 5.63. The molecule has 1 saturated heterocycles. The molecule has 1 aromatic carbocycles. The highest BCUT2D eigenvalue weighted by Crippen LogP contribution is 2.37. The minimum absolute atomic E-state index is 0.171. The van der Waals surface area contributed by atoms with Crippen molar-refractivity contribution >= 4 is 11.4 Å². The quantitative estimate of drug-likeness (QED) is 0.585. The number of anilines is 1. The molecule has 1 N–H and O–H groups in total. The Kier molecular flexibility index (Phi) is 6.37. The van der Waals surface area contributed by atoms with Gasteiger partial charge in [-0.05, 0) is 70.9 Å². The minimum Gasteiger partial charge on any atom is -0.379 e. The van der Waals surface area contributed by atoms with Crippen molar-refractivity contribution in [1.29, 1.82) is 0 Å². The average Bonchev–Trinajstić information content (AvgIpc) is 2.64. The number of rotatable bonds is 6. The lowest BCUT2D eigenvalue weighted by atomic mass is 9.79. The number of nitrogens with one attached hydrogen (secondary N) is 1. The zero-order chi connectivity index (χ0) is 19.4. The number of nitro benzene ring substituents is 1. The predicted octanol–water partition coefficient (Wildman–Crippen LogP) is 4.52. The molecule has 150 valence electrons. The lowest BCUT2D eigenvalue weighted by Gasteiger charge is -2.48. The summed E-state index contributed by atoms with van der Waals surface area (Å²) in [6, 6.07) is 5.58. The first kappa shape index (κ1) is 20.1. The van der Waals surface area contributed by atoms with E-state index in [9.17, 15) is 10.1 Å². The van der Waals surface area contributed by atoms with Crippen LogP contribution in [0.1, 0.15) is 57.9 Å². The van der Waals surface area contributed by atoms with Gasteiger partial charge in [-0.25, -0.2) is 0 Å². The standard InChI is InChI=1S/C21H33N3O3/c1-4-27-18-7-11-21(3,12-8-18)23-13-9-17(10-14-23)22-19-15-16(2)5-6-20(19)24(25)26/h5-6,15,17-18,22H,4,7-14H2,1-3H3/t18-,21-. The second kappa shape index (κ2) is 8.57. The smallest absolute Gasteiger partial charge is 0.292 e. The van der Waals surface area contributed by atoms with Gasteiger partial charge in [0.25, 0.3) is 5.69 Å². The summed E-state index contributed by atoms with van der Waals surface area (Å²) in [6.45, 7) is 9.35. The Labute approximate surface area is 162 Å². The molecule has 3 rings (SSSR count). The van der Waals surface area contributed by atoms with Crippen LogP contribution in [0.2, 0.25) is 0 Å². The summed E-state index contributed by atoms with van der Waals surface area (Å²) in [5.74, 6) is 0. The van der Waals surface area contributed by atoms with E-state index in [-0.39, 0.29) is 16.1 Å². The lowest BCUT2D eigenvalue weighted by Crippen LogP contribution is -2.53. The van der Waals surface area contributed by atoms with Crippen molar-refractivity contribution in [2.75, 3.05) is 25.0 Å². The largest absolute Gasteiger partial charge is 0.379 e. The first-order chi connectivity index (χ1) is 12.9. The Balaban J connectivity index is 1.55. The SMILES string of the molecule is CCO[C@H]1CC[C@](C)(N2CCC(Nc3cc(C)ccc3[N+](=O)[O-])CC2)CC1. The van der Waals surface area contributed by atoms with E-state index in [1.807, 2.05) is 13.0 Å². The number of hydrogen-bond donors (Lipinski definition) is 1. The van der Waals surface area contributed by atoms with Crippen molar-refractivity contribution in [2.24, 2.45) is 0 Å². The van der Waals surface area contributed by atoms with E-state index in [0.29, 0.717) is 17.8 Å². The van der Waals surface area contributed by atoms with Gasteiger partial charge >= 0.3 is 0 Å². The Bertz CT molecular complexity index is 648. The summed E-state index contributed by atoms with van der Waals surface area (Å²) in [7, 11) is 0. The molecule has 0 unspecified atom stereocenters. The molecule has 2 aliphatic rings. The number of hydrogen-bond acceptors (Lipinski definition) is 5. The highest BCUT2D eigenvalue weighted by Gasteiger charge is 2.38. The monoisotopic (exact) mass is 375 g/mol. The van der Waals surface area contributed by atoms with E-state index in [0.717, 1.165) is 50.9 Å². The molecular formula is C21H33N3O3. The zero-order valence-electron chi connectivity index (χ0n) is 16.9. The molecule has 0 bridgehead atoms. The summed E-state index contributed by atoms with van der Waals surface area (Å²) in [5, 5.41) is 14.7. The molecule has 1 aromatic rings. The van der Waals surface area contributed by atoms with Gasteiger partial charge in [0.15, 0.2) is 0 Å². The van der Waals surface area contributed by atoms with Crippen LogP contribution in [0.3, 0.4) is 0 Å². The van der Waals surface area contributed by atoms with Crippen LogP contribution in [0.25, 0.3) is 0 Å². The maximum atomic E-state index is 11.3. The summed E-state index contributed by atoms with van der Waals surface area (Å²) >= 11 is 0. The number of nitrogens with zero attached hydrogens (tertiary/aromatic N) is 2. The zero-order valence-corrected chi connectivity index (χ0v) is 16.9. The van der Waals surface area contributed by atoms with Gasteiger partial charge in [-0.1, -0.05) is 6.07 Å². The highest BCUT2D eigenvalue weighted by atomic mass is 16.6. The number of likely N-dealkylation sites (tertiary alicyclic amines) is 1. The molecule has 6 heteroatoms. The Morgan fingerprint density at radius 1 is 1.26 bits per heavy atom. The molecule has 0 amide bonds. The van der Waals surface area contributed by atoms with Gasteiger partial charge in [0.1, 0.15) is 5.69 Å². The fourth-order valence-electron chi connectivity index (χ4n) is 4.64. The van der Waals surface area contributed by atoms with Crippen LogP contribution in [-0.4, -0.2) is 47.2 Å². The second-order valence-electron chi connectivity index (χ2n) is 8.34. The van der Waals surface area contributed by atoms with Crippen LogP contribution in [0.4, 0.5) is 11.4 Å². The molecule has 0 spiro atoms. The van der Waals surface area contributed by atoms with E-state index in [2.05, 4.69) is 24.1 Å². The third-order valence-electron chi connectivity index (χ3n) is 6.38. The first-order valence-electron chi connectivity index (χ1n) is 10.3. The predicted molar refractivity (Wildman–Crippen MR) is 108 cm³/mol.